The Kier molecular flexibility index (Phi) is 3.74. The molecule has 2 aromatic carbocycles. The van der Waals surface area contributed by atoms with E-state index >= 15 is 0 Å². The van der Waals surface area contributed by atoms with Crippen molar-refractivity contribution in [3.63, 3.8) is 0 Å². The highest BCUT2D eigenvalue weighted by Crippen LogP contribution is 2.41. The van der Waals surface area contributed by atoms with Crippen LogP contribution in [-0.4, -0.2) is 23.8 Å². The number of nitrogens with zero attached hydrogens (tertiary/aromatic N) is 1. The van der Waals surface area contributed by atoms with Crippen molar-refractivity contribution in [2.45, 2.75) is 25.3 Å². The van der Waals surface area contributed by atoms with Gasteiger partial charge in [0.05, 0.1) is 0 Å². The highest BCUT2D eigenvalue weighted by atomic mass is 19.1. The summed E-state index contributed by atoms with van der Waals surface area (Å²) >= 11 is 0. The average Bonchev–Trinajstić information content (AvgIpc) is 2.57. The highest BCUT2D eigenvalue weighted by Gasteiger charge is 2.37. The molecule has 4 rings (SSSR count). The molecule has 1 aliphatic heterocycles. The third-order valence-corrected chi connectivity index (χ3v) is 5.25. The predicted molar refractivity (Wildman–Crippen MR) is 87.9 cm³/mol. The van der Waals surface area contributed by atoms with Gasteiger partial charge < -0.3 is 0 Å². The molecule has 118 valence electrons. The van der Waals surface area contributed by atoms with E-state index in [4.69, 9.17) is 0 Å². The summed E-state index contributed by atoms with van der Waals surface area (Å²) in [7, 11) is 0. The van der Waals surface area contributed by atoms with Crippen molar-refractivity contribution in [1.29, 1.82) is 0 Å². The summed E-state index contributed by atoms with van der Waals surface area (Å²) in [5.74, 6) is 0.554. The summed E-state index contributed by atoms with van der Waals surface area (Å²) < 4.78 is 13.5. The average molecular weight is 309 g/mol. The van der Waals surface area contributed by atoms with Crippen LogP contribution >= 0.6 is 0 Å². The van der Waals surface area contributed by atoms with Crippen molar-refractivity contribution in [1.82, 2.24) is 4.90 Å². The molecule has 2 aliphatic rings. The third kappa shape index (κ3) is 2.81. The largest absolute Gasteiger partial charge is 0.298 e. The van der Waals surface area contributed by atoms with Gasteiger partial charge in [0.1, 0.15) is 5.82 Å². The number of hydrogen-bond acceptors (Lipinski definition) is 2. The smallest absolute Gasteiger partial charge is 0.163 e. The Morgan fingerprint density at radius 1 is 1.13 bits per heavy atom. The fraction of sp³-hybridized carbons (Fsp3) is 0.350. The number of carbonyl (C=O) groups excluding carboxylic acids is 1. The molecule has 1 saturated heterocycles. The normalized spacial score (nSPS) is 24.1. The summed E-state index contributed by atoms with van der Waals surface area (Å²) in [6.07, 6.45) is 1.61. The number of rotatable bonds is 2. The molecule has 0 radical (unpaired) electrons. The van der Waals surface area contributed by atoms with Crippen LogP contribution in [0.4, 0.5) is 4.39 Å². The fourth-order valence-corrected chi connectivity index (χ4v) is 4.09. The summed E-state index contributed by atoms with van der Waals surface area (Å²) in [6.45, 7) is 2.92. The minimum Gasteiger partial charge on any atom is -0.298 e. The number of benzene rings is 2. The van der Waals surface area contributed by atoms with Crippen molar-refractivity contribution in [3.05, 3.63) is 71.0 Å². The minimum atomic E-state index is -0.312. The van der Waals surface area contributed by atoms with E-state index in [1.54, 1.807) is 0 Å². The van der Waals surface area contributed by atoms with E-state index in [0.717, 1.165) is 31.6 Å². The lowest BCUT2D eigenvalue weighted by Crippen LogP contribution is -2.42. The molecule has 23 heavy (non-hydrogen) atoms. The van der Waals surface area contributed by atoms with Gasteiger partial charge in [0.25, 0.3) is 0 Å². The first-order valence-electron chi connectivity index (χ1n) is 8.29. The standard InChI is InChI=1S/C20H20FNO/c21-16-6-7-17-18(11-16)20(23)10-15-8-9-22(13-19(15)17)12-14-4-2-1-3-5-14/h1-7,11,15,19H,8-10,12-13H2. The van der Waals surface area contributed by atoms with E-state index in [0.29, 0.717) is 23.8 Å². The third-order valence-electron chi connectivity index (χ3n) is 5.25. The summed E-state index contributed by atoms with van der Waals surface area (Å²) in [5.41, 5.74) is 2.97. The van der Waals surface area contributed by atoms with Gasteiger partial charge >= 0.3 is 0 Å². The quantitative estimate of drug-likeness (QED) is 0.835. The molecule has 3 heteroatoms. The van der Waals surface area contributed by atoms with Gasteiger partial charge in [0.15, 0.2) is 5.78 Å². The van der Waals surface area contributed by atoms with Gasteiger partial charge in [-0.3, -0.25) is 9.69 Å². The first-order valence-corrected chi connectivity index (χ1v) is 8.29. The topological polar surface area (TPSA) is 20.3 Å². The molecule has 0 N–H and O–H groups in total. The zero-order valence-electron chi connectivity index (χ0n) is 13.0. The van der Waals surface area contributed by atoms with Gasteiger partial charge in [-0.1, -0.05) is 36.4 Å². The number of hydrogen-bond donors (Lipinski definition) is 0. The zero-order valence-corrected chi connectivity index (χ0v) is 13.0. The molecule has 0 bridgehead atoms. The Morgan fingerprint density at radius 2 is 1.96 bits per heavy atom. The number of halogens is 1. The second kappa shape index (κ2) is 5.89. The van der Waals surface area contributed by atoms with Gasteiger partial charge in [-0.05, 0) is 42.1 Å². The van der Waals surface area contributed by atoms with Crippen LogP contribution in [0.3, 0.4) is 0 Å². The molecule has 1 fully saturated rings. The van der Waals surface area contributed by atoms with Crippen molar-refractivity contribution >= 4 is 5.78 Å². The molecule has 0 amide bonds. The maximum Gasteiger partial charge on any atom is 0.163 e. The molecule has 2 nitrogen and oxygen atoms in total. The molecule has 2 atom stereocenters. The zero-order chi connectivity index (χ0) is 15.8. The lowest BCUT2D eigenvalue weighted by molar-refractivity contribution is 0.0859. The molecular formula is C20H20FNO. The van der Waals surface area contributed by atoms with Gasteiger partial charge in [-0.2, -0.15) is 0 Å². The van der Waals surface area contributed by atoms with Crippen LogP contribution in [0.1, 0.15) is 40.2 Å². The van der Waals surface area contributed by atoms with Crippen LogP contribution in [0.25, 0.3) is 0 Å². The van der Waals surface area contributed by atoms with Gasteiger partial charge in [-0.15, -0.1) is 0 Å². The molecule has 0 saturated carbocycles. The molecule has 2 unspecified atom stereocenters. The van der Waals surface area contributed by atoms with Gasteiger partial charge in [-0.25, -0.2) is 4.39 Å². The van der Waals surface area contributed by atoms with Crippen LogP contribution in [0, 0.1) is 11.7 Å². The van der Waals surface area contributed by atoms with Crippen LogP contribution < -0.4 is 0 Å². The summed E-state index contributed by atoms with van der Waals surface area (Å²) in [5, 5.41) is 0. The van der Waals surface area contributed by atoms with Crippen LogP contribution in [-0.2, 0) is 6.54 Å². The monoisotopic (exact) mass is 309 g/mol. The highest BCUT2D eigenvalue weighted by molar-refractivity contribution is 5.99. The van der Waals surface area contributed by atoms with E-state index in [2.05, 4.69) is 29.2 Å². The molecule has 2 aromatic rings. The lowest BCUT2D eigenvalue weighted by Gasteiger charge is -2.41. The first-order chi connectivity index (χ1) is 11.2. The summed E-state index contributed by atoms with van der Waals surface area (Å²) in [4.78, 5) is 14.7. The van der Waals surface area contributed by atoms with E-state index in [9.17, 15) is 9.18 Å². The Labute approximate surface area is 135 Å². The van der Waals surface area contributed by atoms with Gasteiger partial charge in [0.2, 0.25) is 0 Å². The number of Topliss-reactive ketones (excluding diaryl/α,β-unsaturated/α-hetero) is 1. The van der Waals surface area contributed by atoms with E-state index in [1.165, 1.54) is 17.7 Å². The van der Waals surface area contributed by atoms with Crippen molar-refractivity contribution in [3.8, 4) is 0 Å². The number of ketones is 1. The Balaban J connectivity index is 1.58. The first kappa shape index (κ1) is 14.6. The number of fused-ring (bicyclic) bond motifs is 3. The summed E-state index contributed by atoms with van der Waals surface area (Å²) in [6, 6.07) is 15.2. The van der Waals surface area contributed by atoms with Crippen LogP contribution in [0.5, 0.6) is 0 Å². The van der Waals surface area contributed by atoms with E-state index in [-0.39, 0.29) is 11.6 Å². The number of piperidine rings is 1. The van der Waals surface area contributed by atoms with Gasteiger partial charge in [0, 0.05) is 31.0 Å². The fourth-order valence-electron chi connectivity index (χ4n) is 4.09. The van der Waals surface area contributed by atoms with E-state index in [1.807, 2.05) is 12.1 Å². The van der Waals surface area contributed by atoms with Crippen LogP contribution in [0.15, 0.2) is 48.5 Å². The number of carbonyl (C=O) groups is 1. The molecule has 0 aromatic heterocycles. The van der Waals surface area contributed by atoms with Crippen molar-refractivity contribution in [2.75, 3.05) is 13.1 Å². The van der Waals surface area contributed by atoms with Crippen LogP contribution in [0.2, 0.25) is 0 Å². The SMILES string of the molecule is O=C1CC2CCN(Cc3ccccc3)CC2c2ccc(F)cc21. The maximum atomic E-state index is 13.5. The second-order valence-electron chi connectivity index (χ2n) is 6.73. The number of likely N-dealkylation sites (tertiary alicyclic amines) is 1. The minimum absolute atomic E-state index is 0.109. The molecule has 1 aliphatic carbocycles. The second-order valence-corrected chi connectivity index (χ2v) is 6.73. The Bertz CT molecular complexity index is 728. The molecule has 0 spiro atoms. The predicted octanol–water partition coefficient (Wildman–Crippen LogP) is 4.02. The van der Waals surface area contributed by atoms with Crippen molar-refractivity contribution < 1.29 is 9.18 Å². The Morgan fingerprint density at radius 3 is 2.78 bits per heavy atom. The van der Waals surface area contributed by atoms with Crippen molar-refractivity contribution in [2.24, 2.45) is 5.92 Å². The van der Waals surface area contributed by atoms with E-state index < -0.39 is 0 Å². The maximum absolute atomic E-state index is 13.5. The molecule has 1 heterocycles. The lowest BCUT2D eigenvalue weighted by atomic mass is 9.71. The Hall–Kier alpha value is -2.00. The molecular weight excluding hydrogens is 289 g/mol.